The van der Waals surface area contributed by atoms with Gasteiger partial charge in [0.25, 0.3) is 11.5 Å². The number of nitrogens with one attached hydrogen (secondary N) is 1. The number of H-pyrrole nitrogens is 1. The monoisotopic (exact) mass is 431 g/mol. The molecule has 0 aliphatic heterocycles. The number of pyridine rings is 1. The summed E-state index contributed by atoms with van der Waals surface area (Å²) in [5, 5.41) is 5.12. The quantitative estimate of drug-likeness (QED) is 0.484. The van der Waals surface area contributed by atoms with Crippen molar-refractivity contribution in [3.63, 3.8) is 0 Å². The fraction of sp³-hybridized carbons (Fsp3) is 0.333. The molecule has 1 aromatic carbocycles. The van der Waals surface area contributed by atoms with E-state index in [-0.39, 0.29) is 23.6 Å². The van der Waals surface area contributed by atoms with E-state index >= 15 is 0 Å². The first kappa shape index (κ1) is 20.2. The van der Waals surface area contributed by atoms with Crippen molar-refractivity contribution in [3.05, 3.63) is 81.5 Å². The number of carbonyl (C=O) groups is 1. The second-order valence-electron chi connectivity index (χ2n) is 8.47. The van der Waals surface area contributed by atoms with Crippen molar-refractivity contribution in [1.82, 2.24) is 24.6 Å². The van der Waals surface area contributed by atoms with E-state index in [2.05, 4.69) is 21.2 Å². The molecule has 1 N–H and O–H groups in total. The summed E-state index contributed by atoms with van der Waals surface area (Å²) in [5.41, 5.74) is 2.76. The van der Waals surface area contributed by atoms with Crippen molar-refractivity contribution < 1.29 is 9.32 Å². The molecule has 32 heavy (non-hydrogen) atoms. The lowest BCUT2D eigenvalue weighted by atomic mass is 10.1. The molecule has 3 aromatic heterocycles. The second kappa shape index (κ2) is 8.11. The van der Waals surface area contributed by atoms with Crippen LogP contribution in [0.5, 0.6) is 0 Å². The maximum atomic E-state index is 13.2. The number of aromatic amines is 1. The van der Waals surface area contributed by atoms with E-state index in [4.69, 9.17) is 4.52 Å². The standard InChI is InChI=1S/C24H25N5O3/c1-15-9-11-29(12-10-17-13-25-19-6-4-3-5-18(17)19)24(31)21(15)23(30)28(2)14-20-26-22(32-27-20)16-7-8-16/h3-6,9,11,13,16,25H,7-8,10,12,14H2,1-2H3. The molecule has 1 aliphatic carbocycles. The van der Waals surface area contributed by atoms with Crippen molar-refractivity contribution in [1.29, 1.82) is 0 Å². The lowest BCUT2D eigenvalue weighted by Crippen LogP contribution is -2.35. The zero-order chi connectivity index (χ0) is 22.2. The van der Waals surface area contributed by atoms with Crippen LogP contribution in [0.25, 0.3) is 10.9 Å². The third-order valence-electron chi connectivity index (χ3n) is 6.02. The smallest absolute Gasteiger partial charge is 0.263 e. The van der Waals surface area contributed by atoms with Crippen LogP contribution in [0, 0.1) is 6.92 Å². The Morgan fingerprint density at radius 1 is 1.28 bits per heavy atom. The van der Waals surface area contributed by atoms with Gasteiger partial charge in [-0.15, -0.1) is 0 Å². The van der Waals surface area contributed by atoms with Crippen LogP contribution in [0.4, 0.5) is 0 Å². The van der Waals surface area contributed by atoms with Crippen molar-refractivity contribution >= 4 is 16.8 Å². The maximum absolute atomic E-state index is 13.2. The highest BCUT2D eigenvalue weighted by Crippen LogP contribution is 2.38. The van der Waals surface area contributed by atoms with E-state index in [0.29, 0.717) is 36.2 Å². The number of hydrogen-bond donors (Lipinski definition) is 1. The summed E-state index contributed by atoms with van der Waals surface area (Å²) in [5.74, 6) is 1.11. The average molecular weight is 431 g/mol. The first-order valence-electron chi connectivity index (χ1n) is 10.8. The summed E-state index contributed by atoms with van der Waals surface area (Å²) >= 11 is 0. The minimum atomic E-state index is -0.341. The summed E-state index contributed by atoms with van der Waals surface area (Å²) in [6, 6.07) is 9.90. The third kappa shape index (κ3) is 3.84. The molecule has 0 atom stereocenters. The van der Waals surface area contributed by atoms with E-state index in [1.165, 1.54) is 4.90 Å². The van der Waals surface area contributed by atoms with Gasteiger partial charge in [0, 0.05) is 42.8 Å². The topological polar surface area (TPSA) is 97.0 Å². The van der Waals surface area contributed by atoms with Crippen molar-refractivity contribution in [2.45, 2.75) is 45.2 Å². The zero-order valence-electron chi connectivity index (χ0n) is 18.2. The molecule has 164 valence electrons. The van der Waals surface area contributed by atoms with Gasteiger partial charge >= 0.3 is 0 Å². The summed E-state index contributed by atoms with van der Waals surface area (Å²) in [7, 11) is 1.65. The van der Waals surface area contributed by atoms with Crippen molar-refractivity contribution in [2.75, 3.05) is 7.05 Å². The zero-order valence-corrected chi connectivity index (χ0v) is 18.2. The average Bonchev–Trinajstić information content (AvgIpc) is 3.40. The largest absolute Gasteiger partial charge is 0.361 e. The van der Waals surface area contributed by atoms with Crippen LogP contribution in [-0.4, -0.2) is 37.5 Å². The number of amides is 1. The highest BCUT2D eigenvalue weighted by atomic mass is 16.5. The Labute approximate surface area is 184 Å². The molecule has 1 aliphatic rings. The highest BCUT2D eigenvalue weighted by Gasteiger charge is 2.30. The maximum Gasteiger partial charge on any atom is 0.263 e. The minimum absolute atomic E-state index is 0.180. The van der Waals surface area contributed by atoms with Crippen LogP contribution in [0.1, 0.15) is 52.0 Å². The number of benzene rings is 1. The second-order valence-corrected chi connectivity index (χ2v) is 8.47. The summed E-state index contributed by atoms with van der Waals surface area (Å²) in [6.07, 6.45) is 6.55. The van der Waals surface area contributed by atoms with Gasteiger partial charge in [0.05, 0.1) is 6.54 Å². The molecule has 8 heteroatoms. The van der Waals surface area contributed by atoms with Crippen molar-refractivity contribution in [2.24, 2.45) is 0 Å². The van der Waals surface area contributed by atoms with Gasteiger partial charge in [-0.25, -0.2) is 0 Å². The van der Waals surface area contributed by atoms with E-state index in [1.54, 1.807) is 24.7 Å². The first-order chi connectivity index (χ1) is 15.5. The Kier molecular flexibility index (Phi) is 5.13. The van der Waals surface area contributed by atoms with Crippen LogP contribution in [0.3, 0.4) is 0 Å². The molecule has 3 heterocycles. The Morgan fingerprint density at radius 2 is 2.09 bits per heavy atom. The summed E-state index contributed by atoms with van der Waals surface area (Å²) in [4.78, 5) is 35.4. The van der Waals surface area contributed by atoms with E-state index in [1.807, 2.05) is 30.5 Å². The molecule has 0 bridgehead atoms. The summed E-state index contributed by atoms with van der Waals surface area (Å²) < 4.78 is 6.88. The number of aryl methyl sites for hydroxylation is 3. The van der Waals surface area contributed by atoms with Gasteiger partial charge < -0.3 is 19.0 Å². The Morgan fingerprint density at radius 3 is 2.91 bits per heavy atom. The van der Waals surface area contributed by atoms with Gasteiger partial charge in [-0.3, -0.25) is 9.59 Å². The number of fused-ring (bicyclic) bond motifs is 1. The highest BCUT2D eigenvalue weighted by molar-refractivity contribution is 5.95. The number of carbonyl (C=O) groups excluding carboxylic acids is 1. The predicted molar refractivity (Wildman–Crippen MR) is 120 cm³/mol. The molecule has 0 saturated heterocycles. The fourth-order valence-electron chi connectivity index (χ4n) is 3.98. The molecule has 4 aromatic rings. The number of nitrogens with zero attached hydrogens (tertiary/aromatic N) is 4. The summed E-state index contributed by atoms with van der Waals surface area (Å²) in [6.45, 7) is 2.46. The van der Waals surface area contributed by atoms with Gasteiger partial charge in [0.1, 0.15) is 5.56 Å². The number of para-hydroxylation sites is 1. The van der Waals surface area contributed by atoms with Gasteiger partial charge in [0.2, 0.25) is 5.89 Å². The van der Waals surface area contributed by atoms with E-state index in [9.17, 15) is 9.59 Å². The molecule has 5 rings (SSSR count). The van der Waals surface area contributed by atoms with Crippen LogP contribution in [-0.2, 0) is 19.5 Å². The van der Waals surface area contributed by atoms with Gasteiger partial charge in [-0.05, 0) is 49.4 Å². The van der Waals surface area contributed by atoms with E-state index < -0.39 is 0 Å². The minimum Gasteiger partial charge on any atom is -0.361 e. The predicted octanol–water partition coefficient (Wildman–Crippen LogP) is 3.41. The van der Waals surface area contributed by atoms with Crippen LogP contribution >= 0.6 is 0 Å². The molecule has 1 fully saturated rings. The Balaban J connectivity index is 1.33. The normalized spacial score (nSPS) is 13.6. The van der Waals surface area contributed by atoms with Crippen LogP contribution in [0.2, 0.25) is 0 Å². The third-order valence-corrected chi connectivity index (χ3v) is 6.02. The van der Waals surface area contributed by atoms with E-state index in [0.717, 1.165) is 29.3 Å². The number of aromatic nitrogens is 4. The van der Waals surface area contributed by atoms with Gasteiger partial charge in [-0.2, -0.15) is 4.98 Å². The Bertz CT molecular complexity index is 1350. The van der Waals surface area contributed by atoms with Crippen molar-refractivity contribution in [3.8, 4) is 0 Å². The lowest BCUT2D eigenvalue weighted by Gasteiger charge is -2.17. The van der Waals surface area contributed by atoms with Gasteiger partial charge in [0.15, 0.2) is 5.82 Å². The first-order valence-corrected chi connectivity index (χ1v) is 10.8. The van der Waals surface area contributed by atoms with Gasteiger partial charge in [-0.1, -0.05) is 23.4 Å². The molecule has 0 spiro atoms. The fourth-order valence-corrected chi connectivity index (χ4v) is 3.98. The SMILES string of the molecule is Cc1ccn(CCc2c[nH]c3ccccc23)c(=O)c1C(=O)N(C)Cc1noc(C2CC2)n1. The van der Waals surface area contributed by atoms with Crippen LogP contribution in [0.15, 0.2) is 52.0 Å². The van der Waals surface area contributed by atoms with Crippen LogP contribution < -0.4 is 5.56 Å². The number of rotatable bonds is 7. The molecule has 1 amide bonds. The molecular formula is C24H25N5O3. The molecule has 0 unspecified atom stereocenters. The molecule has 1 saturated carbocycles. The molecular weight excluding hydrogens is 406 g/mol. The molecule has 0 radical (unpaired) electrons. The number of hydrogen-bond acceptors (Lipinski definition) is 5. The Hall–Kier alpha value is -3.68. The molecule has 8 nitrogen and oxygen atoms in total. The lowest BCUT2D eigenvalue weighted by molar-refractivity contribution is 0.0777.